The molecule has 0 aromatic carbocycles. The fourth-order valence-corrected chi connectivity index (χ4v) is 2.85. The lowest BCUT2D eigenvalue weighted by Gasteiger charge is -2.28. The van der Waals surface area contributed by atoms with Crippen LogP contribution in [0.1, 0.15) is 19.3 Å². The van der Waals surface area contributed by atoms with E-state index in [0.29, 0.717) is 25.0 Å². The number of hydrogen-bond acceptors (Lipinski definition) is 4. The molecule has 1 fully saturated rings. The zero-order chi connectivity index (χ0) is 11.5. The molecular weight excluding hydrogens is 214 g/mol. The normalized spacial score (nSPS) is 27.5. The molecule has 1 rings (SSSR count). The zero-order valence-corrected chi connectivity index (χ0v) is 10.0. The van der Waals surface area contributed by atoms with Crippen molar-refractivity contribution in [2.45, 2.75) is 25.3 Å². The number of primary sulfonamides is 1. The third kappa shape index (κ3) is 4.06. The second-order valence-electron chi connectivity index (χ2n) is 4.34. The van der Waals surface area contributed by atoms with Gasteiger partial charge in [-0.1, -0.05) is 6.42 Å². The Morgan fingerprint density at radius 1 is 1.40 bits per heavy atom. The fourth-order valence-electron chi connectivity index (χ4n) is 2.31. The molecule has 4 N–H and O–H groups in total. The molecule has 15 heavy (non-hydrogen) atoms. The van der Waals surface area contributed by atoms with Gasteiger partial charge in [-0.2, -0.15) is 0 Å². The van der Waals surface area contributed by atoms with Crippen LogP contribution in [0.25, 0.3) is 0 Å². The minimum absolute atomic E-state index is 0.0251. The predicted octanol–water partition coefficient (Wildman–Crippen LogP) is -0.666. The van der Waals surface area contributed by atoms with Crippen molar-refractivity contribution in [3.63, 3.8) is 0 Å². The van der Waals surface area contributed by atoms with Crippen LogP contribution in [0, 0.1) is 5.92 Å². The number of nitrogens with two attached hydrogens (primary N) is 2. The first kappa shape index (κ1) is 12.9. The van der Waals surface area contributed by atoms with Gasteiger partial charge in [0.15, 0.2) is 0 Å². The topological polar surface area (TPSA) is 89.4 Å². The largest absolute Gasteiger partial charge is 0.330 e. The highest BCUT2D eigenvalue weighted by Crippen LogP contribution is 2.28. The first-order chi connectivity index (χ1) is 6.94. The van der Waals surface area contributed by atoms with Gasteiger partial charge in [-0.15, -0.1) is 0 Å². The second kappa shape index (κ2) is 5.25. The summed E-state index contributed by atoms with van der Waals surface area (Å²) in [6.07, 6.45) is 3.45. The van der Waals surface area contributed by atoms with Crippen molar-refractivity contribution in [1.82, 2.24) is 4.90 Å². The van der Waals surface area contributed by atoms with E-state index >= 15 is 0 Å². The van der Waals surface area contributed by atoms with Gasteiger partial charge in [0, 0.05) is 12.6 Å². The van der Waals surface area contributed by atoms with Crippen LogP contribution in [0.5, 0.6) is 0 Å². The van der Waals surface area contributed by atoms with E-state index < -0.39 is 10.0 Å². The molecule has 1 aliphatic carbocycles. The van der Waals surface area contributed by atoms with E-state index in [1.807, 2.05) is 7.05 Å². The van der Waals surface area contributed by atoms with Gasteiger partial charge < -0.3 is 10.6 Å². The van der Waals surface area contributed by atoms with E-state index in [1.165, 1.54) is 6.42 Å². The highest BCUT2D eigenvalue weighted by atomic mass is 32.2. The number of hydrogen-bond donors (Lipinski definition) is 2. The average molecular weight is 235 g/mol. The minimum atomic E-state index is -3.35. The Morgan fingerprint density at radius 3 is 2.60 bits per heavy atom. The van der Waals surface area contributed by atoms with Gasteiger partial charge in [0.05, 0.1) is 5.75 Å². The standard InChI is InChI=1S/C9H21N3O2S/c1-12(5-6-15(11,13)14)9-4-2-3-8(9)7-10/h8-9H,2-7,10H2,1H3,(H2,11,13,14). The molecule has 0 radical (unpaired) electrons. The van der Waals surface area contributed by atoms with Gasteiger partial charge in [0.2, 0.25) is 10.0 Å². The highest BCUT2D eigenvalue weighted by Gasteiger charge is 2.29. The van der Waals surface area contributed by atoms with E-state index in [9.17, 15) is 8.42 Å². The van der Waals surface area contributed by atoms with E-state index in [0.717, 1.165) is 12.8 Å². The van der Waals surface area contributed by atoms with Gasteiger partial charge in [0.1, 0.15) is 0 Å². The van der Waals surface area contributed by atoms with Crippen molar-refractivity contribution in [2.24, 2.45) is 16.8 Å². The van der Waals surface area contributed by atoms with E-state index in [1.54, 1.807) is 0 Å². The van der Waals surface area contributed by atoms with Gasteiger partial charge in [-0.3, -0.25) is 0 Å². The molecule has 1 saturated carbocycles. The van der Waals surface area contributed by atoms with Crippen LogP contribution in [0.2, 0.25) is 0 Å². The maximum absolute atomic E-state index is 10.8. The Bertz CT molecular complexity index is 292. The average Bonchev–Trinajstić information content (AvgIpc) is 2.60. The summed E-state index contributed by atoms with van der Waals surface area (Å²) in [5.41, 5.74) is 5.67. The maximum atomic E-state index is 10.8. The van der Waals surface area contributed by atoms with Crippen LogP contribution >= 0.6 is 0 Å². The zero-order valence-electron chi connectivity index (χ0n) is 9.22. The van der Waals surface area contributed by atoms with E-state index in [2.05, 4.69) is 4.90 Å². The molecule has 0 aromatic heterocycles. The smallest absolute Gasteiger partial charge is 0.210 e. The SMILES string of the molecule is CN(CCS(N)(=O)=O)C1CCCC1CN. The Labute approximate surface area is 91.9 Å². The quantitative estimate of drug-likeness (QED) is 0.661. The Hall–Kier alpha value is -0.170. The molecule has 5 nitrogen and oxygen atoms in total. The number of rotatable bonds is 5. The lowest BCUT2D eigenvalue weighted by molar-refractivity contribution is 0.211. The molecule has 2 atom stereocenters. The molecule has 0 aromatic rings. The Morgan fingerprint density at radius 2 is 2.07 bits per heavy atom. The summed E-state index contributed by atoms with van der Waals surface area (Å²) in [4.78, 5) is 2.08. The summed E-state index contributed by atoms with van der Waals surface area (Å²) in [6.45, 7) is 1.18. The highest BCUT2D eigenvalue weighted by molar-refractivity contribution is 7.89. The number of sulfonamides is 1. The molecule has 1 aliphatic rings. The predicted molar refractivity (Wildman–Crippen MR) is 60.8 cm³/mol. The third-order valence-corrected chi connectivity index (χ3v) is 3.97. The molecule has 90 valence electrons. The van der Waals surface area contributed by atoms with Gasteiger partial charge >= 0.3 is 0 Å². The molecule has 0 heterocycles. The molecule has 2 unspecified atom stereocenters. The second-order valence-corrected chi connectivity index (χ2v) is 6.08. The van der Waals surface area contributed by atoms with Crippen molar-refractivity contribution >= 4 is 10.0 Å². The van der Waals surface area contributed by atoms with Crippen LogP contribution in [0.4, 0.5) is 0 Å². The summed E-state index contributed by atoms with van der Waals surface area (Å²) in [5.74, 6) is 0.535. The summed E-state index contributed by atoms with van der Waals surface area (Å²) in [7, 11) is -1.40. The monoisotopic (exact) mass is 235 g/mol. The molecule has 6 heteroatoms. The lowest BCUT2D eigenvalue weighted by Crippen LogP contribution is -2.40. The fraction of sp³-hybridized carbons (Fsp3) is 1.00. The molecule has 0 aliphatic heterocycles. The van der Waals surface area contributed by atoms with E-state index in [-0.39, 0.29) is 5.75 Å². The van der Waals surface area contributed by atoms with Crippen molar-refractivity contribution in [3.8, 4) is 0 Å². The molecule has 0 amide bonds. The summed E-state index contributed by atoms with van der Waals surface area (Å²) in [6, 6.07) is 0.428. The molecule has 0 spiro atoms. The van der Waals surface area contributed by atoms with Crippen molar-refractivity contribution < 1.29 is 8.42 Å². The summed E-state index contributed by atoms with van der Waals surface area (Å²) >= 11 is 0. The van der Waals surface area contributed by atoms with E-state index in [4.69, 9.17) is 10.9 Å². The van der Waals surface area contributed by atoms with Crippen molar-refractivity contribution in [1.29, 1.82) is 0 Å². The first-order valence-electron chi connectivity index (χ1n) is 5.35. The molecular formula is C9H21N3O2S. The van der Waals surface area contributed by atoms with Crippen LogP contribution < -0.4 is 10.9 Å². The lowest BCUT2D eigenvalue weighted by atomic mass is 10.0. The molecule has 0 bridgehead atoms. The summed E-state index contributed by atoms with van der Waals surface area (Å²) in [5, 5.41) is 4.97. The van der Waals surface area contributed by atoms with Crippen molar-refractivity contribution in [3.05, 3.63) is 0 Å². The van der Waals surface area contributed by atoms with Gasteiger partial charge in [0.25, 0.3) is 0 Å². The van der Waals surface area contributed by atoms with Crippen LogP contribution in [0.3, 0.4) is 0 Å². The van der Waals surface area contributed by atoms with Crippen LogP contribution in [-0.2, 0) is 10.0 Å². The Kier molecular flexibility index (Phi) is 4.51. The van der Waals surface area contributed by atoms with Crippen molar-refractivity contribution in [2.75, 3.05) is 25.9 Å². The Balaban J connectivity index is 2.42. The first-order valence-corrected chi connectivity index (χ1v) is 7.06. The number of nitrogens with zero attached hydrogens (tertiary/aromatic N) is 1. The minimum Gasteiger partial charge on any atom is -0.330 e. The third-order valence-electron chi connectivity index (χ3n) is 3.22. The van der Waals surface area contributed by atoms with Gasteiger partial charge in [-0.25, -0.2) is 13.6 Å². The maximum Gasteiger partial charge on any atom is 0.210 e. The van der Waals surface area contributed by atoms with Crippen LogP contribution in [-0.4, -0.2) is 45.2 Å². The summed E-state index contributed by atoms with van der Waals surface area (Å²) < 4.78 is 21.7. The van der Waals surface area contributed by atoms with Crippen LogP contribution in [0.15, 0.2) is 0 Å². The molecule has 0 saturated heterocycles. The van der Waals surface area contributed by atoms with Gasteiger partial charge in [-0.05, 0) is 32.4 Å².